The highest BCUT2D eigenvalue weighted by Crippen LogP contribution is 2.40. The Bertz CT molecular complexity index is 638. The molecule has 3 rings (SSSR count). The van der Waals surface area contributed by atoms with Gasteiger partial charge >= 0.3 is 5.97 Å². The summed E-state index contributed by atoms with van der Waals surface area (Å²) >= 11 is 0. The number of hydrogen-bond acceptors (Lipinski definition) is 3. The molecular formula is C15H14O4. The monoisotopic (exact) mass is 258 g/mol. The molecule has 1 aliphatic carbocycles. The summed E-state index contributed by atoms with van der Waals surface area (Å²) in [5.74, 6) is -0.903. The Labute approximate surface area is 110 Å². The molecule has 0 aromatic heterocycles. The molecular weight excluding hydrogens is 244 g/mol. The lowest BCUT2D eigenvalue weighted by Crippen LogP contribution is -2.29. The topological polar surface area (TPSA) is 63.6 Å². The molecule has 0 amide bonds. The minimum Gasteiger partial charge on any atom is -0.493 e. The van der Waals surface area contributed by atoms with Gasteiger partial charge in [0.2, 0.25) is 0 Å². The molecule has 1 N–H and O–H groups in total. The maximum atomic E-state index is 12.2. The summed E-state index contributed by atoms with van der Waals surface area (Å²) in [6, 6.07) is 3.67. The van der Waals surface area contributed by atoms with Crippen molar-refractivity contribution < 1.29 is 19.4 Å². The summed E-state index contributed by atoms with van der Waals surface area (Å²) in [6.45, 7) is 4.46. The van der Waals surface area contributed by atoms with Gasteiger partial charge in [-0.2, -0.15) is 0 Å². The van der Waals surface area contributed by atoms with E-state index < -0.39 is 17.2 Å². The highest BCUT2D eigenvalue weighted by molar-refractivity contribution is 6.25. The third-order valence-electron chi connectivity index (χ3n) is 3.75. The van der Waals surface area contributed by atoms with E-state index in [0.29, 0.717) is 17.9 Å². The predicted molar refractivity (Wildman–Crippen MR) is 68.7 cm³/mol. The van der Waals surface area contributed by atoms with Crippen LogP contribution in [-0.4, -0.2) is 23.5 Å². The average Bonchev–Trinajstić information content (AvgIpc) is 2.79. The molecule has 19 heavy (non-hydrogen) atoms. The van der Waals surface area contributed by atoms with E-state index in [-0.39, 0.29) is 5.57 Å². The Morgan fingerprint density at radius 2 is 2.11 bits per heavy atom. The van der Waals surface area contributed by atoms with Crippen LogP contribution in [0.25, 0.3) is 0 Å². The zero-order valence-electron chi connectivity index (χ0n) is 10.8. The summed E-state index contributed by atoms with van der Waals surface area (Å²) in [5, 5.41) is 9.14. The van der Waals surface area contributed by atoms with Crippen LogP contribution in [0, 0.1) is 0 Å². The molecule has 4 heteroatoms. The van der Waals surface area contributed by atoms with E-state index in [2.05, 4.69) is 0 Å². The van der Waals surface area contributed by atoms with E-state index in [9.17, 15) is 9.59 Å². The van der Waals surface area contributed by atoms with E-state index in [1.54, 1.807) is 12.1 Å². The third kappa shape index (κ3) is 1.67. The van der Waals surface area contributed by atoms with Crippen LogP contribution in [0.3, 0.4) is 0 Å². The number of rotatable bonds is 1. The first-order valence-corrected chi connectivity index (χ1v) is 6.21. The Morgan fingerprint density at radius 3 is 2.79 bits per heavy atom. The molecule has 0 bridgehead atoms. The minimum absolute atomic E-state index is 0.157. The number of carboxylic acid groups (broad SMARTS) is 1. The Hall–Kier alpha value is -2.10. The summed E-state index contributed by atoms with van der Waals surface area (Å²) in [5.41, 5.74) is 1.80. The lowest BCUT2D eigenvalue weighted by Gasteiger charge is -2.29. The number of aliphatic carboxylic acids is 1. The molecule has 0 atom stereocenters. The number of benzene rings is 1. The first-order chi connectivity index (χ1) is 8.90. The lowest BCUT2D eigenvalue weighted by atomic mass is 9.73. The first kappa shape index (κ1) is 12.0. The number of hydrogen-bond donors (Lipinski definition) is 1. The van der Waals surface area contributed by atoms with Crippen LogP contribution in [0.2, 0.25) is 0 Å². The molecule has 0 saturated heterocycles. The second-order valence-corrected chi connectivity index (χ2v) is 5.52. The van der Waals surface area contributed by atoms with Gasteiger partial charge in [-0.1, -0.05) is 26.0 Å². The normalized spacial score (nSPS) is 19.3. The van der Waals surface area contributed by atoms with E-state index in [4.69, 9.17) is 9.84 Å². The van der Waals surface area contributed by atoms with Crippen molar-refractivity contribution in [1.82, 2.24) is 0 Å². The van der Waals surface area contributed by atoms with Crippen LogP contribution in [0.15, 0.2) is 23.8 Å². The first-order valence-electron chi connectivity index (χ1n) is 6.21. The highest BCUT2D eigenvalue weighted by Gasteiger charge is 2.36. The number of carbonyl (C=O) groups excluding carboxylic acids is 1. The van der Waals surface area contributed by atoms with Crippen molar-refractivity contribution in [3.63, 3.8) is 0 Å². The van der Waals surface area contributed by atoms with Crippen molar-refractivity contribution in [2.45, 2.75) is 25.7 Å². The number of ether oxygens (including phenoxy) is 1. The van der Waals surface area contributed by atoms with Gasteiger partial charge in [0.05, 0.1) is 6.61 Å². The van der Waals surface area contributed by atoms with Gasteiger partial charge in [-0.3, -0.25) is 4.79 Å². The summed E-state index contributed by atoms with van der Waals surface area (Å²) in [4.78, 5) is 23.4. The smallest absolute Gasteiger partial charge is 0.339 e. The number of allylic oxidation sites excluding steroid dienone is 1. The Balaban J connectivity index is 2.24. The van der Waals surface area contributed by atoms with Gasteiger partial charge < -0.3 is 9.84 Å². The molecule has 2 aliphatic rings. The van der Waals surface area contributed by atoms with Crippen molar-refractivity contribution in [2.75, 3.05) is 6.61 Å². The van der Waals surface area contributed by atoms with E-state index >= 15 is 0 Å². The molecule has 1 aliphatic heterocycles. The maximum Gasteiger partial charge on any atom is 0.339 e. The van der Waals surface area contributed by atoms with Crippen LogP contribution < -0.4 is 4.74 Å². The quantitative estimate of drug-likeness (QED) is 0.783. The van der Waals surface area contributed by atoms with Gasteiger partial charge in [-0.25, -0.2) is 4.79 Å². The zero-order chi connectivity index (χ0) is 13.8. The molecule has 0 saturated carbocycles. The molecule has 1 heterocycles. The number of ketones is 1. The van der Waals surface area contributed by atoms with E-state index in [1.165, 1.54) is 0 Å². The van der Waals surface area contributed by atoms with Crippen molar-refractivity contribution in [3.05, 3.63) is 40.5 Å². The fraction of sp³-hybridized carbons (Fsp3) is 0.333. The molecule has 0 unspecified atom stereocenters. The SMILES string of the molecule is CC1(C)C=C(C(=O)O)C(=O)c2cc3c(cc21)CCO3. The number of carbonyl (C=O) groups is 2. The summed E-state index contributed by atoms with van der Waals surface area (Å²) in [6.07, 6.45) is 2.38. The fourth-order valence-electron chi connectivity index (χ4n) is 2.75. The minimum atomic E-state index is -1.18. The summed E-state index contributed by atoms with van der Waals surface area (Å²) < 4.78 is 5.46. The number of carboxylic acids is 1. The van der Waals surface area contributed by atoms with E-state index in [0.717, 1.165) is 17.5 Å². The van der Waals surface area contributed by atoms with Gasteiger partial charge in [-0.15, -0.1) is 0 Å². The second-order valence-electron chi connectivity index (χ2n) is 5.52. The standard InChI is InChI=1S/C15H14O4/c1-15(2)7-10(14(17)18)13(16)9-6-12-8(3-4-19-12)5-11(9)15/h5-7H,3-4H2,1-2H3,(H,17,18). The van der Waals surface area contributed by atoms with Crippen LogP contribution in [0.1, 0.15) is 35.3 Å². The van der Waals surface area contributed by atoms with Crippen molar-refractivity contribution in [2.24, 2.45) is 0 Å². The lowest BCUT2D eigenvalue weighted by molar-refractivity contribution is -0.132. The predicted octanol–water partition coefficient (Wildman–Crippen LogP) is 2.11. The van der Waals surface area contributed by atoms with E-state index in [1.807, 2.05) is 19.9 Å². The van der Waals surface area contributed by atoms with Crippen LogP contribution >= 0.6 is 0 Å². The summed E-state index contributed by atoms with van der Waals surface area (Å²) in [7, 11) is 0. The van der Waals surface area contributed by atoms with Crippen molar-refractivity contribution >= 4 is 11.8 Å². The highest BCUT2D eigenvalue weighted by atomic mass is 16.5. The van der Waals surface area contributed by atoms with Gasteiger partial charge in [0.1, 0.15) is 11.3 Å². The number of fused-ring (bicyclic) bond motifs is 2. The van der Waals surface area contributed by atoms with Crippen LogP contribution in [-0.2, 0) is 16.6 Å². The third-order valence-corrected chi connectivity index (χ3v) is 3.75. The average molecular weight is 258 g/mol. The zero-order valence-corrected chi connectivity index (χ0v) is 10.8. The van der Waals surface area contributed by atoms with Gasteiger partial charge in [0.25, 0.3) is 0 Å². The van der Waals surface area contributed by atoms with Gasteiger partial charge in [0.15, 0.2) is 5.78 Å². The molecule has 0 fully saturated rings. The van der Waals surface area contributed by atoms with Crippen molar-refractivity contribution in [3.8, 4) is 5.75 Å². The molecule has 98 valence electrons. The Morgan fingerprint density at radius 1 is 1.37 bits per heavy atom. The van der Waals surface area contributed by atoms with Crippen molar-refractivity contribution in [1.29, 1.82) is 0 Å². The second kappa shape index (κ2) is 3.70. The molecule has 1 aromatic carbocycles. The van der Waals surface area contributed by atoms with Crippen LogP contribution in [0.5, 0.6) is 5.75 Å². The van der Waals surface area contributed by atoms with Gasteiger partial charge in [0, 0.05) is 17.4 Å². The van der Waals surface area contributed by atoms with Crippen LogP contribution in [0.4, 0.5) is 0 Å². The largest absolute Gasteiger partial charge is 0.493 e. The molecule has 1 aromatic rings. The number of Topliss-reactive ketones (excluding diaryl/α,β-unsaturated/α-hetero) is 1. The fourth-order valence-corrected chi connectivity index (χ4v) is 2.75. The van der Waals surface area contributed by atoms with Gasteiger partial charge in [-0.05, 0) is 17.2 Å². The maximum absolute atomic E-state index is 12.2. The molecule has 0 radical (unpaired) electrons. The molecule has 4 nitrogen and oxygen atoms in total. The molecule has 0 spiro atoms. The Kier molecular flexibility index (Phi) is 2.33.